The molecule has 0 radical (unpaired) electrons. The molecule has 1 N–H and O–H groups in total. The highest BCUT2D eigenvalue weighted by Crippen LogP contribution is 2.34. The normalized spacial score (nSPS) is 13.0. The molecule has 0 bridgehead atoms. The highest BCUT2D eigenvalue weighted by Gasteiger charge is 2.27. The Morgan fingerprint density at radius 1 is 1.11 bits per heavy atom. The molecule has 0 atom stereocenters. The predicted octanol–water partition coefficient (Wildman–Crippen LogP) is 5.01. The molecule has 2 aromatic carbocycles. The van der Waals surface area contributed by atoms with E-state index in [0.717, 1.165) is 38.5 Å². The molecule has 0 saturated heterocycles. The van der Waals surface area contributed by atoms with Crippen LogP contribution in [0.1, 0.15) is 34.1 Å². The monoisotopic (exact) mass is 532 g/mol. The smallest absolute Gasteiger partial charge is 0.267 e. The lowest BCUT2D eigenvalue weighted by molar-refractivity contribution is -0.129. The SMILES string of the molecule is CC(=O)N1CCc2c(sc3nc(SCC(=O)Nc4ccc(C)cc4C)n(-c4ccccc4C)c(=O)c23)C1. The molecule has 0 unspecified atom stereocenters. The molecule has 2 amide bonds. The van der Waals surface area contributed by atoms with E-state index in [0.29, 0.717) is 34.9 Å². The van der Waals surface area contributed by atoms with Crippen molar-refractivity contribution in [3.8, 4) is 5.69 Å². The van der Waals surface area contributed by atoms with E-state index in [2.05, 4.69) is 5.32 Å². The van der Waals surface area contributed by atoms with Crippen LogP contribution in [0.25, 0.3) is 15.9 Å². The highest BCUT2D eigenvalue weighted by molar-refractivity contribution is 7.99. The van der Waals surface area contributed by atoms with E-state index in [-0.39, 0.29) is 23.1 Å². The molecular weight excluding hydrogens is 504 g/mol. The summed E-state index contributed by atoms with van der Waals surface area (Å²) in [4.78, 5) is 47.2. The number of fused-ring (bicyclic) bond motifs is 3. The van der Waals surface area contributed by atoms with Crippen LogP contribution < -0.4 is 10.9 Å². The molecule has 3 heterocycles. The van der Waals surface area contributed by atoms with Gasteiger partial charge in [0.15, 0.2) is 5.16 Å². The number of carbonyl (C=O) groups is 2. The Morgan fingerprint density at radius 2 is 1.89 bits per heavy atom. The second-order valence-corrected chi connectivity index (χ2v) is 11.4. The predicted molar refractivity (Wildman–Crippen MR) is 150 cm³/mol. The van der Waals surface area contributed by atoms with Gasteiger partial charge in [-0.05, 0) is 56.0 Å². The minimum atomic E-state index is -0.162. The Hall–Kier alpha value is -3.43. The molecule has 0 aliphatic carbocycles. The number of para-hydroxylation sites is 1. The molecular formula is C28H28N4O3S2. The van der Waals surface area contributed by atoms with Gasteiger partial charge in [-0.15, -0.1) is 11.3 Å². The fourth-order valence-corrected chi connectivity index (χ4v) is 6.77. The first kappa shape index (κ1) is 25.2. The molecule has 9 heteroatoms. The number of aromatic nitrogens is 2. The Bertz CT molecular complexity index is 1610. The van der Waals surface area contributed by atoms with Gasteiger partial charge in [0.05, 0.1) is 23.4 Å². The molecule has 1 aliphatic heterocycles. The second kappa shape index (κ2) is 10.1. The van der Waals surface area contributed by atoms with Gasteiger partial charge in [0.25, 0.3) is 5.56 Å². The third-order valence-electron chi connectivity index (χ3n) is 6.63. The van der Waals surface area contributed by atoms with Gasteiger partial charge in [-0.25, -0.2) is 4.98 Å². The second-order valence-electron chi connectivity index (χ2n) is 9.35. The van der Waals surface area contributed by atoms with Crippen molar-refractivity contribution in [3.05, 3.63) is 79.9 Å². The van der Waals surface area contributed by atoms with Crippen molar-refractivity contribution >= 4 is 50.8 Å². The molecule has 4 aromatic rings. The van der Waals surface area contributed by atoms with Gasteiger partial charge in [-0.2, -0.15) is 0 Å². The van der Waals surface area contributed by atoms with Crippen molar-refractivity contribution in [1.29, 1.82) is 0 Å². The van der Waals surface area contributed by atoms with Crippen molar-refractivity contribution in [2.75, 3.05) is 17.6 Å². The van der Waals surface area contributed by atoms with Crippen LogP contribution in [-0.4, -0.2) is 38.6 Å². The van der Waals surface area contributed by atoms with E-state index in [4.69, 9.17) is 4.98 Å². The van der Waals surface area contributed by atoms with Crippen molar-refractivity contribution in [1.82, 2.24) is 14.5 Å². The van der Waals surface area contributed by atoms with Crippen LogP contribution in [0.2, 0.25) is 0 Å². The number of aryl methyl sites for hydroxylation is 3. The Morgan fingerprint density at radius 3 is 2.62 bits per heavy atom. The summed E-state index contributed by atoms with van der Waals surface area (Å²) < 4.78 is 1.64. The largest absolute Gasteiger partial charge is 0.337 e. The van der Waals surface area contributed by atoms with E-state index < -0.39 is 0 Å². The number of benzene rings is 2. The van der Waals surface area contributed by atoms with Gasteiger partial charge in [-0.1, -0.05) is 47.7 Å². The topological polar surface area (TPSA) is 84.3 Å². The maximum absolute atomic E-state index is 14.0. The average molecular weight is 533 g/mol. The third-order valence-corrected chi connectivity index (χ3v) is 8.68. The molecule has 1 aliphatic rings. The Kier molecular flexibility index (Phi) is 6.92. The van der Waals surface area contributed by atoms with Gasteiger partial charge < -0.3 is 10.2 Å². The molecule has 2 aromatic heterocycles. The first-order valence-corrected chi connectivity index (χ1v) is 13.9. The van der Waals surface area contributed by atoms with Crippen LogP contribution in [0.15, 0.2) is 52.4 Å². The Balaban J connectivity index is 1.53. The van der Waals surface area contributed by atoms with E-state index in [9.17, 15) is 14.4 Å². The quantitative estimate of drug-likeness (QED) is 0.289. The Labute approximate surface area is 223 Å². The maximum atomic E-state index is 14.0. The number of nitrogens with one attached hydrogen (secondary N) is 1. The number of hydrogen-bond donors (Lipinski definition) is 1. The van der Waals surface area contributed by atoms with Crippen LogP contribution >= 0.6 is 23.1 Å². The third kappa shape index (κ3) is 4.93. The zero-order chi connectivity index (χ0) is 26.3. The van der Waals surface area contributed by atoms with Crippen LogP contribution in [0.5, 0.6) is 0 Å². The van der Waals surface area contributed by atoms with Crippen LogP contribution in [-0.2, 0) is 22.6 Å². The van der Waals surface area contributed by atoms with Crippen molar-refractivity contribution < 1.29 is 9.59 Å². The number of hydrogen-bond acceptors (Lipinski definition) is 6. The molecule has 0 saturated carbocycles. The van der Waals surface area contributed by atoms with Gasteiger partial charge in [0, 0.05) is 24.0 Å². The molecule has 0 spiro atoms. The minimum absolute atomic E-state index is 0.0273. The molecule has 37 heavy (non-hydrogen) atoms. The minimum Gasteiger partial charge on any atom is -0.337 e. The molecule has 5 rings (SSSR count). The van der Waals surface area contributed by atoms with Crippen molar-refractivity contribution in [2.45, 2.75) is 45.8 Å². The zero-order valence-electron chi connectivity index (χ0n) is 21.3. The summed E-state index contributed by atoms with van der Waals surface area (Å²) in [5.41, 5.74) is 5.45. The van der Waals surface area contributed by atoms with Gasteiger partial charge in [-0.3, -0.25) is 19.0 Å². The lowest BCUT2D eigenvalue weighted by Crippen LogP contribution is -2.34. The zero-order valence-corrected chi connectivity index (χ0v) is 22.9. The summed E-state index contributed by atoms with van der Waals surface area (Å²) in [6.07, 6.45) is 0.629. The van der Waals surface area contributed by atoms with Crippen LogP contribution in [0, 0.1) is 20.8 Å². The van der Waals surface area contributed by atoms with Crippen LogP contribution in [0.4, 0.5) is 5.69 Å². The fraction of sp³-hybridized carbons (Fsp3) is 0.286. The molecule has 190 valence electrons. The molecule has 7 nitrogen and oxygen atoms in total. The summed E-state index contributed by atoms with van der Waals surface area (Å²) in [6.45, 7) is 8.60. The van der Waals surface area contributed by atoms with Crippen LogP contribution in [0.3, 0.4) is 0 Å². The fourth-order valence-electron chi connectivity index (χ4n) is 4.69. The standard InChI is InChI=1S/C28H28N4O3S2/c1-16-9-10-21(18(3)13-16)29-24(34)15-36-28-30-26-25(20-11-12-31(19(4)33)14-23(20)37-26)27(35)32(28)22-8-6-5-7-17(22)2/h5-10,13H,11-12,14-15H2,1-4H3,(H,29,34). The number of anilines is 1. The number of nitrogens with zero attached hydrogens (tertiary/aromatic N) is 3. The number of thiophene rings is 1. The van der Waals surface area contributed by atoms with Gasteiger partial charge >= 0.3 is 0 Å². The van der Waals surface area contributed by atoms with Crippen molar-refractivity contribution in [3.63, 3.8) is 0 Å². The van der Waals surface area contributed by atoms with E-state index in [1.54, 1.807) is 16.4 Å². The number of amides is 2. The number of rotatable bonds is 5. The average Bonchev–Trinajstić information content (AvgIpc) is 3.23. The first-order chi connectivity index (χ1) is 17.7. The number of carbonyl (C=O) groups excluding carboxylic acids is 2. The summed E-state index contributed by atoms with van der Waals surface area (Å²) >= 11 is 2.71. The lowest BCUT2D eigenvalue weighted by atomic mass is 10.1. The van der Waals surface area contributed by atoms with E-state index >= 15 is 0 Å². The summed E-state index contributed by atoms with van der Waals surface area (Å²) in [5.74, 6) is -0.0231. The number of thioether (sulfide) groups is 1. The lowest BCUT2D eigenvalue weighted by Gasteiger charge is -2.25. The maximum Gasteiger partial charge on any atom is 0.267 e. The van der Waals surface area contributed by atoms with Crippen molar-refractivity contribution in [2.24, 2.45) is 0 Å². The van der Waals surface area contributed by atoms with Gasteiger partial charge in [0.1, 0.15) is 4.83 Å². The van der Waals surface area contributed by atoms with E-state index in [1.807, 2.05) is 63.2 Å². The van der Waals surface area contributed by atoms with Gasteiger partial charge in [0.2, 0.25) is 11.8 Å². The summed E-state index contributed by atoms with van der Waals surface area (Å²) in [6, 6.07) is 13.6. The molecule has 0 fully saturated rings. The van der Waals surface area contributed by atoms with E-state index in [1.165, 1.54) is 23.1 Å². The first-order valence-electron chi connectivity index (χ1n) is 12.1. The summed E-state index contributed by atoms with van der Waals surface area (Å²) in [7, 11) is 0. The highest BCUT2D eigenvalue weighted by atomic mass is 32.2. The summed E-state index contributed by atoms with van der Waals surface area (Å²) in [5, 5.41) is 4.07.